The van der Waals surface area contributed by atoms with E-state index in [-0.39, 0.29) is 23.6 Å². The lowest BCUT2D eigenvalue weighted by atomic mass is 9.99. The largest absolute Gasteiger partial charge is 0.356 e. The lowest BCUT2D eigenvalue weighted by molar-refractivity contribution is -0.140. The number of nitrogens with one attached hydrogen (secondary N) is 1. The summed E-state index contributed by atoms with van der Waals surface area (Å²) in [4.78, 5) is 23.8. The molecule has 0 unspecified atom stereocenters. The maximum atomic E-state index is 11.2. The molecule has 1 aliphatic rings. The summed E-state index contributed by atoms with van der Waals surface area (Å²) < 4.78 is 0. The molecule has 0 aliphatic carbocycles. The van der Waals surface area contributed by atoms with Gasteiger partial charge in [0.05, 0.1) is 5.92 Å². The smallest absolute Gasteiger partial charge is 0.237 e. The Labute approximate surface area is 82.2 Å². The van der Waals surface area contributed by atoms with E-state index in [4.69, 9.17) is 11.6 Å². The zero-order valence-electron chi connectivity index (χ0n) is 7.55. The average molecular weight is 205 g/mol. The molecule has 0 aromatic heterocycles. The molecule has 4 nitrogen and oxygen atoms in total. The van der Waals surface area contributed by atoms with Gasteiger partial charge in [0.25, 0.3) is 0 Å². The highest BCUT2D eigenvalue weighted by molar-refractivity contribution is 6.27. The van der Waals surface area contributed by atoms with Crippen LogP contribution >= 0.6 is 11.6 Å². The second-order valence-electron chi connectivity index (χ2n) is 3.02. The standard InChI is InChI=1S/C8H13ClN2O2/c1-2-10-8(13)6-4-11(5-6)7(12)3-9/h6H,2-5H2,1H3,(H,10,13). The molecule has 5 heteroatoms. The first-order valence-corrected chi connectivity index (χ1v) is 4.84. The quantitative estimate of drug-likeness (QED) is 0.649. The first-order valence-electron chi connectivity index (χ1n) is 4.30. The first-order chi connectivity index (χ1) is 6.19. The summed E-state index contributed by atoms with van der Waals surface area (Å²) in [5.41, 5.74) is 0. The summed E-state index contributed by atoms with van der Waals surface area (Å²) >= 11 is 5.36. The van der Waals surface area contributed by atoms with Gasteiger partial charge in [0, 0.05) is 19.6 Å². The molecular weight excluding hydrogens is 192 g/mol. The average Bonchev–Trinajstić information content (AvgIpc) is 2.01. The monoisotopic (exact) mass is 204 g/mol. The van der Waals surface area contributed by atoms with Crippen LogP contribution in [-0.4, -0.2) is 42.2 Å². The summed E-state index contributed by atoms with van der Waals surface area (Å²) in [6, 6.07) is 0. The van der Waals surface area contributed by atoms with E-state index in [1.54, 1.807) is 4.90 Å². The number of alkyl halides is 1. The van der Waals surface area contributed by atoms with Crippen molar-refractivity contribution in [1.29, 1.82) is 0 Å². The third-order valence-electron chi connectivity index (χ3n) is 2.07. The summed E-state index contributed by atoms with van der Waals surface area (Å²) in [7, 11) is 0. The van der Waals surface area contributed by atoms with E-state index in [0.29, 0.717) is 19.6 Å². The molecule has 1 fully saturated rings. The lowest BCUT2D eigenvalue weighted by Gasteiger charge is -2.37. The van der Waals surface area contributed by atoms with Gasteiger partial charge in [0.1, 0.15) is 5.88 Å². The predicted octanol–water partition coefficient (Wildman–Crippen LogP) is -0.180. The third kappa shape index (κ3) is 2.34. The maximum absolute atomic E-state index is 11.2. The van der Waals surface area contributed by atoms with E-state index in [1.807, 2.05) is 6.92 Å². The number of hydrogen-bond acceptors (Lipinski definition) is 2. The van der Waals surface area contributed by atoms with Crippen molar-refractivity contribution in [3.63, 3.8) is 0 Å². The Morgan fingerprint density at radius 1 is 1.54 bits per heavy atom. The van der Waals surface area contributed by atoms with Crippen LogP contribution in [0, 0.1) is 5.92 Å². The molecule has 0 aromatic rings. The van der Waals surface area contributed by atoms with E-state index >= 15 is 0 Å². The van der Waals surface area contributed by atoms with Gasteiger partial charge < -0.3 is 10.2 Å². The molecule has 0 bridgehead atoms. The molecule has 0 aromatic carbocycles. The number of hydrogen-bond donors (Lipinski definition) is 1. The topological polar surface area (TPSA) is 49.4 Å². The van der Waals surface area contributed by atoms with Gasteiger partial charge in [-0.25, -0.2) is 0 Å². The van der Waals surface area contributed by atoms with Gasteiger partial charge in [-0.15, -0.1) is 11.6 Å². The second-order valence-corrected chi connectivity index (χ2v) is 3.29. The number of carbonyl (C=O) groups is 2. The molecule has 1 heterocycles. The van der Waals surface area contributed by atoms with Crippen LogP contribution < -0.4 is 5.32 Å². The summed E-state index contributed by atoms with van der Waals surface area (Å²) in [5.74, 6) is -0.0993. The SMILES string of the molecule is CCNC(=O)C1CN(C(=O)CCl)C1. The molecule has 0 radical (unpaired) electrons. The minimum Gasteiger partial charge on any atom is -0.356 e. The molecule has 0 saturated carbocycles. The van der Waals surface area contributed by atoms with Gasteiger partial charge in [-0.3, -0.25) is 9.59 Å². The number of halogens is 1. The summed E-state index contributed by atoms with van der Waals surface area (Å²) in [6.45, 7) is 3.53. The zero-order valence-corrected chi connectivity index (χ0v) is 8.30. The highest BCUT2D eigenvalue weighted by Crippen LogP contribution is 2.15. The number of carbonyl (C=O) groups excluding carboxylic acids is 2. The zero-order chi connectivity index (χ0) is 9.84. The highest BCUT2D eigenvalue weighted by atomic mass is 35.5. The number of nitrogens with zero attached hydrogens (tertiary/aromatic N) is 1. The molecule has 2 amide bonds. The number of rotatable bonds is 3. The van der Waals surface area contributed by atoms with Crippen molar-refractivity contribution in [2.45, 2.75) is 6.92 Å². The normalized spacial score (nSPS) is 16.6. The molecule has 74 valence electrons. The van der Waals surface area contributed by atoms with Crippen molar-refractivity contribution in [3.05, 3.63) is 0 Å². The van der Waals surface area contributed by atoms with Crippen LogP contribution in [-0.2, 0) is 9.59 Å². The first kappa shape index (κ1) is 10.3. The molecular formula is C8H13ClN2O2. The Morgan fingerprint density at radius 3 is 2.62 bits per heavy atom. The predicted molar refractivity (Wildman–Crippen MR) is 49.5 cm³/mol. The fourth-order valence-corrected chi connectivity index (χ4v) is 1.42. The Bertz CT molecular complexity index is 214. The highest BCUT2D eigenvalue weighted by Gasteiger charge is 2.34. The minimum absolute atomic E-state index is 0.00210. The van der Waals surface area contributed by atoms with Crippen molar-refractivity contribution in [2.24, 2.45) is 5.92 Å². The molecule has 1 aliphatic heterocycles. The van der Waals surface area contributed by atoms with Crippen molar-refractivity contribution in [3.8, 4) is 0 Å². The third-order valence-corrected chi connectivity index (χ3v) is 2.30. The van der Waals surface area contributed by atoms with Crippen LogP contribution in [0.4, 0.5) is 0 Å². The minimum atomic E-state index is -0.0952. The van der Waals surface area contributed by atoms with Gasteiger partial charge in [-0.05, 0) is 6.92 Å². The Hall–Kier alpha value is -0.770. The Morgan fingerprint density at radius 2 is 2.15 bits per heavy atom. The van der Waals surface area contributed by atoms with Crippen molar-refractivity contribution in [2.75, 3.05) is 25.5 Å². The van der Waals surface area contributed by atoms with E-state index < -0.39 is 0 Å². The van der Waals surface area contributed by atoms with Gasteiger partial charge in [0.2, 0.25) is 11.8 Å². The van der Waals surface area contributed by atoms with Gasteiger partial charge in [-0.1, -0.05) is 0 Å². The van der Waals surface area contributed by atoms with Crippen molar-refractivity contribution < 1.29 is 9.59 Å². The van der Waals surface area contributed by atoms with Crippen LogP contribution in [0.1, 0.15) is 6.92 Å². The van der Waals surface area contributed by atoms with E-state index in [1.165, 1.54) is 0 Å². The molecule has 0 spiro atoms. The van der Waals surface area contributed by atoms with E-state index in [9.17, 15) is 9.59 Å². The molecule has 13 heavy (non-hydrogen) atoms. The Kier molecular flexibility index (Phi) is 3.54. The number of amides is 2. The molecule has 1 N–H and O–H groups in total. The van der Waals surface area contributed by atoms with Crippen LogP contribution in [0.3, 0.4) is 0 Å². The van der Waals surface area contributed by atoms with Crippen LogP contribution in [0.2, 0.25) is 0 Å². The summed E-state index contributed by atoms with van der Waals surface area (Å²) in [5, 5.41) is 2.72. The van der Waals surface area contributed by atoms with Crippen molar-refractivity contribution >= 4 is 23.4 Å². The second kappa shape index (κ2) is 4.46. The van der Waals surface area contributed by atoms with Crippen LogP contribution in [0.15, 0.2) is 0 Å². The fourth-order valence-electron chi connectivity index (χ4n) is 1.25. The summed E-state index contributed by atoms with van der Waals surface area (Å²) in [6.07, 6.45) is 0. The lowest BCUT2D eigenvalue weighted by Crippen LogP contribution is -2.56. The van der Waals surface area contributed by atoms with E-state index in [2.05, 4.69) is 5.32 Å². The maximum Gasteiger partial charge on any atom is 0.237 e. The molecule has 0 atom stereocenters. The fraction of sp³-hybridized carbons (Fsp3) is 0.750. The van der Waals surface area contributed by atoms with Gasteiger partial charge >= 0.3 is 0 Å². The Balaban J connectivity index is 2.25. The van der Waals surface area contributed by atoms with Crippen molar-refractivity contribution in [1.82, 2.24) is 10.2 Å². The van der Waals surface area contributed by atoms with Gasteiger partial charge in [0.15, 0.2) is 0 Å². The number of likely N-dealkylation sites (tertiary alicyclic amines) is 1. The molecule has 1 rings (SSSR count). The van der Waals surface area contributed by atoms with E-state index in [0.717, 1.165) is 0 Å². The van der Waals surface area contributed by atoms with Crippen LogP contribution in [0.25, 0.3) is 0 Å². The van der Waals surface area contributed by atoms with Gasteiger partial charge in [-0.2, -0.15) is 0 Å². The van der Waals surface area contributed by atoms with Crippen LogP contribution in [0.5, 0.6) is 0 Å². The molecule has 1 saturated heterocycles.